The van der Waals surface area contributed by atoms with Gasteiger partial charge in [0.1, 0.15) is 11.3 Å². The lowest BCUT2D eigenvalue weighted by atomic mass is 10.2. The van der Waals surface area contributed by atoms with Crippen molar-refractivity contribution in [3.05, 3.63) is 54.1 Å². The molecule has 0 spiro atoms. The number of imidazole rings is 1. The molecule has 0 radical (unpaired) electrons. The Morgan fingerprint density at radius 3 is 2.64 bits per heavy atom. The van der Waals surface area contributed by atoms with Gasteiger partial charge in [0.05, 0.1) is 34.3 Å². The highest BCUT2D eigenvalue weighted by molar-refractivity contribution is 7.89. The third-order valence-corrected chi connectivity index (χ3v) is 5.47. The standard InChI is InChI=1S/C17H17N5O2S/c1-3-22-16-8-9-19-11-15(16)20-17(22)12(2)21-25(23,24)14-6-4-13(10-18)5-7-14/h4-9,11-12,21H,3H2,1-2H3. The first-order valence-corrected chi connectivity index (χ1v) is 9.27. The lowest BCUT2D eigenvalue weighted by Gasteiger charge is -2.15. The van der Waals surface area contributed by atoms with Gasteiger partial charge in [0.15, 0.2) is 0 Å². The van der Waals surface area contributed by atoms with Crippen LogP contribution in [-0.2, 0) is 16.6 Å². The van der Waals surface area contributed by atoms with Crippen LogP contribution in [0.15, 0.2) is 47.6 Å². The van der Waals surface area contributed by atoms with Crippen molar-refractivity contribution in [2.45, 2.75) is 31.3 Å². The van der Waals surface area contributed by atoms with Crippen molar-refractivity contribution in [2.24, 2.45) is 0 Å². The second-order valence-corrected chi connectivity index (χ2v) is 7.27. The van der Waals surface area contributed by atoms with E-state index in [1.54, 1.807) is 19.3 Å². The number of sulfonamides is 1. The third-order valence-electron chi connectivity index (χ3n) is 3.91. The number of aromatic nitrogens is 3. The van der Waals surface area contributed by atoms with Crippen LogP contribution in [0.25, 0.3) is 11.0 Å². The van der Waals surface area contributed by atoms with Crippen LogP contribution in [0.5, 0.6) is 0 Å². The fraction of sp³-hybridized carbons (Fsp3) is 0.235. The van der Waals surface area contributed by atoms with Gasteiger partial charge in [0.25, 0.3) is 0 Å². The molecule has 1 aromatic carbocycles. The van der Waals surface area contributed by atoms with Gasteiger partial charge >= 0.3 is 0 Å². The minimum atomic E-state index is -3.72. The third kappa shape index (κ3) is 3.24. The van der Waals surface area contributed by atoms with Gasteiger partial charge in [-0.3, -0.25) is 4.98 Å². The zero-order chi connectivity index (χ0) is 18.0. The molecular weight excluding hydrogens is 338 g/mol. The van der Waals surface area contributed by atoms with E-state index in [4.69, 9.17) is 5.26 Å². The Balaban J connectivity index is 1.93. The molecule has 3 rings (SSSR count). The fourth-order valence-electron chi connectivity index (χ4n) is 2.73. The summed E-state index contributed by atoms with van der Waals surface area (Å²) >= 11 is 0. The number of pyridine rings is 1. The van der Waals surface area contributed by atoms with Crippen molar-refractivity contribution in [1.82, 2.24) is 19.3 Å². The maximum Gasteiger partial charge on any atom is 0.241 e. The monoisotopic (exact) mass is 355 g/mol. The van der Waals surface area contributed by atoms with Crippen LogP contribution >= 0.6 is 0 Å². The van der Waals surface area contributed by atoms with Crippen molar-refractivity contribution in [3.63, 3.8) is 0 Å². The van der Waals surface area contributed by atoms with Gasteiger partial charge in [0, 0.05) is 12.7 Å². The topological polar surface area (TPSA) is 101 Å². The highest BCUT2D eigenvalue weighted by atomic mass is 32.2. The van der Waals surface area contributed by atoms with Crippen molar-refractivity contribution in [1.29, 1.82) is 5.26 Å². The Kier molecular flexibility index (Phi) is 4.53. The molecule has 128 valence electrons. The molecule has 8 heteroatoms. The molecule has 25 heavy (non-hydrogen) atoms. The number of nitriles is 1. The second-order valence-electron chi connectivity index (χ2n) is 5.56. The summed E-state index contributed by atoms with van der Waals surface area (Å²) in [5, 5.41) is 8.82. The zero-order valence-electron chi connectivity index (χ0n) is 13.8. The van der Waals surface area contributed by atoms with Crippen molar-refractivity contribution < 1.29 is 8.42 Å². The molecule has 7 nitrogen and oxygen atoms in total. The number of fused-ring (bicyclic) bond motifs is 1. The quantitative estimate of drug-likeness (QED) is 0.757. The van der Waals surface area contributed by atoms with Crippen LogP contribution in [-0.4, -0.2) is 23.0 Å². The highest BCUT2D eigenvalue weighted by Gasteiger charge is 2.22. The van der Waals surface area contributed by atoms with E-state index in [9.17, 15) is 8.42 Å². The molecule has 2 aromatic heterocycles. The Labute approximate surface area is 146 Å². The molecule has 0 bridgehead atoms. The van der Waals surface area contributed by atoms with Gasteiger partial charge in [-0.1, -0.05) is 0 Å². The summed E-state index contributed by atoms with van der Waals surface area (Å²) in [6.07, 6.45) is 3.35. The molecule has 3 aromatic rings. The van der Waals surface area contributed by atoms with E-state index in [2.05, 4.69) is 14.7 Å². The van der Waals surface area contributed by atoms with E-state index < -0.39 is 16.1 Å². The van der Waals surface area contributed by atoms with Gasteiger partial charge in [-0.05, 0) is 44.2 Å². The fourth-order valence-corrected chi connectivity index (χ4v) is 3.93. The molecule has 1 N–H and O–H groups in total. The predicted molar refractivity (Wildman–Crippen MR) is 93.1 cm³/mol. The largest absolute Gasteiger partial charge is 0.327 e. The van der Waals surface area contributed by atoms with Crippen LogP contribution in [0.2, 0.25) is 0 Å². The summed E-state index contributed by atoms with van der Waals surface area (Å²) in [4.78, 5) is 8.69. The van der Waals surface area contributed by atoms with E-state index in [-0.39, 0.29) is 4.90 Å². The number of nitrogens with zero attached hydrogens (tertiary/aromatic N) is 4. The highest BCUT2D eigenvalue weighted by Crippen LogP contribution is 2.22. The molecule has 0 aliphatic rings. The normalized spacial score (nSPS) is 12.8. The van der Waals surface area contributed by atoms with E-state index in [1.807, 2.05) is 23.6 Å². The average molecular weight is 355 g/mol. The Morgan fingerprint density at radius 2 is 2.00 bits per heavy atom. The number of hydrogen-bond donors (Lipinski definition) is 1. The van der Waals surface area contributed by atoms with Gasteiger partial charge in [-0.25, -0.2) is 18.1 Å². The molecule has 0 aliphatic carbocycles. The molecule has 0 saturated heterocycles. The summed E-state index contributed by atoms with van der Waals surface area (Å²) in [6.45, 7) is 4.40. The van der Waals surface area contributed by atoms with Crippen molar-refractivity contribution in [3.8, 4) is 6.07 Å². The lowest BCUT2D eigenvalue weighted by molar-refractivity contribution is 0.549. The van der Waals surface area contributed by atoms with Gasteiger partial charge in [-0.15, -0.1) is 0 Å². The number of aryl methyl sites for hydroxylation is 1. The molecular formula is C17H17N5O2S. The molecule has 0 aliphatic heterocycles. The maximum absolute atomic E-state index is 12.6. The number of rotatable bonds is 5. The predicted octanol–water partition coefficient (Wildman–Crippen LogP) is 2.36. The van der Waals surface area contributed by atoms with Gasteiger partial charge < -0.3 is 4.57 Å². The van der Waals surface area contributed by atoms with Gasteiger partial charge in [-0.2, -0.15) is 5.26 Å². The summed E-state index contributed by atoms with van der Waals surface area (Å²) in [7, 11) is -3.72. The minimum absolute atomic E-state index is 0.110. The van der Waals surface area contributed by atoms with E-state index in [1.165, 1.54) is 24.3 Å². The van der Waals surface area contributed by atoms with E-state index in [0.717, 1.165) is 11.0 Å². The number of benzene rings is 1. The molecule has 0 fully saturated rings. The minimum Gasteiger partial charge on any atom is -0.327 e. The zero-order valence-corrected chi connectivity index (χ0v) is 14.7. The molecule has 1 atom stereocenters. The van der Waals surface area contributed by atoms with Crippen LogP contribution < -0.4 is 4.72 Å². The number of nitrogens with one attached hydrogen (secondary N) is 1. The Morgan fingerprint density at radius 1 is 1.28 bits per heavy atom. The smallest absolute Gasteiger partial charge is 0.241 e. The lowest BCUT2D eigenvalue weighted by Crippen LogP contribution is -2.28. The second kappa shape index (κ2) is 6.63. The van der Waals surface area contributed by atoms with Crippen molar-refractivity contribution >= 4 is 21.1 Å². The van der Waals surface area contributed by atoms with Gasteiger partial charge in [0.2, 0.25) is 10.0 Å². The van der Waals surface area contributed by atoms with Crippen LogP contribution in [0.4, 0.5) is 0 Å². The average Bonchev–Trinajstić information content (AvgIpc) is 3.00. The summed E-state index contributed by atoms with van der Waals surface area (Å²) in [6, 6.07) is 9.10. The summed E-state index contributed by atoms with van der Waals surface area (Å²) in [5.74, 6) is 0.628. The van der Waals surface area contributed by atoms with Crippen LogP contribution in [0.3, 0.4) is 0 Å². The first-order chi connectivity index (χ1) is 12.0. The van der Waals surface area contributed by atoms with Crippen LogP contribution in [0.1, 0.15) is 31.3 Å². The molecule has 1 unspecified atom stereocenters. The molecule has 0 saturated carbocycles. The Hall–Kier alpha value is -2.76. The molecule has 2 heterocycles. The first kappa shape index (κ1) is 17.1. The van der Waals surface area contributed by atoms with E-state index >= 15 is 0 Å². The Bertz CT molecular complexity index is 1050. The van der Waals surface area contributed by atoms with Crippen molar-refractivity contribution in [2.75, 3.05) is 0 Å². The SMILES string of the molecule is CCn1c(C(C)NS(=O)(=O)c2ccc(C#N)cc2)nc2cnccc21. The number of hydrogen-bond acceptors (Lipinski definition) is 5. The van der Waals surface area contributed by atoms with E-state index in [0.29, 0.717) is 17.9 Å². The maximum atomic E-state index is 12.6. The summed E-state index contributed by atoms with van der Waals surface area (Å²) < 4.78 is 29.8. The summed E-state index contributed by atoms with van der Waals surface area (Å²) in [5.41, 5.74) is 2.05. The van der Waals surface area contributed by atoms with Crippen LogP contribution in [0, 0.1) is 11.3 Å². The molecule has 0 amide bonds. The first-order valence-electron chi connectivity index (χ1n) is 7.79.